The summed E-state index contributed by atoms with van der Waals surface area (Å²) in [5.74, 6) is 0. The largest absolute Gasteiger partial charge is 0.277 e. The molecule has 0 bridgehead atoms. The molecule has 0 spiro atoms. The minimum absolute atomic E-state index is 1.13. The average molecular weight is 141 g/mol. The van der Waals surface area contributed by atoms with Gasteiger partial charge in [0.25, 0.3) is 0 Å². The molecule has 58 valence electrons. The van der Waals surface area contributed by atoms with E-state index in [1.165, 1.54) is 32.4 Å². The zero-order valence-electron chi connectivity index (χ0n) is 6.77. The summed E-state index contributed by atoms with van der Waals surface area (Å²) in [5.41, 5.74) is 0. The van der Waals surface area contributed by atoms with Gasteiger partial charge in [0.05, 0.1) is 6.54 Å². The van der Waals surface area contributed by atoms with Gasteiger partial charge in [0.1, 0.15) is 13.1 Å². The Bertz CT molecular complexity index is 118. The molecule has 0 radical (unpaired) electrons. The molecule has 2 nitrogen and oxygen atoms in total. The Balaban J connectivity index is 2.01. The van der Waals surface area contributed by atoms with Crippen molar-refractivity contribution in [2.24, 2.45) is 0 Å². The Labute approximate surface area is 62.9 Å². The van der Waals surface area contributed by atoms with Crippen molar-refractivity contribution in [2.75, 3.05) is 19.6 Å². The van der Waals surface area contributed by atoms with Crippen LogP contribution in [0.25, 0.3) is 0 Å². The first kappa shape index (κ1) is 7.58. The van der Waals surface area contributed by atoms with E-state index in [0.29, 0.717) is 0 Å². The molecule has 0 unspecified atom stereocenters. The van der Waals surface area contributed by atoms with Gasteiger partial charge in [0, 0.05) is 0 Å². The summed E-state index contributed by atoms with van der Waals surface area (Å²) in [5, 5.41) is 3.20. The molecule has 1 aliphatic rings. The van der Waals surface area contributed by atoms with Crippen LogP contribution in [-0.4, -0.2) is 30.5 Å². The lowest BCUT2D eigenvalue weighted by atomic mass is 10.2. The highest BCUT2D eigenvalue weighted by Gasteiger charge is 2.06. The molecular weight excluding hydrogens is 124 g/mol. The molecule has 0 aromatic carbocycles. The second kappa shape index (κ2) is 4.31. The molecule has 0 saturated carbocycles. The minimum atomic E-state index is 1.13. The first-order valence-electron chi connectivity index (χ1n) is 4.24. The number of unbranched alkanes of at least 4 members (excludes halogenated alkanes) is 2. The highest BCUT2D eigenvalue weighted by molar-refractivity contribution is 5.49. The predicted octanol–water partition coefficient (Wildman–Crippen LogP) is 0.821. The summed E-state index contributed by atoms with van der Waals surface area (Å²) < 4.78 is 2.36. The average Bonchev–Trinajstić information content (AvgIpc) is 2.41. The van der Waals surface area contributed by atoms with E-state index in [2.05, 4.69) is 23.2 Å². The van der Waals surface area contributed by atoms with Crippen LogP contribution in [0, 0.1) is 0 Å². The van der Waals surface area contributed by atoms with Crippen LogP contribution in [0.2, 0.25) is 0 Å². The summed E-state index contributed by atoms with van der Waals surface area (Å²) in [6, 6.07) is 0. The first-order valence-corrected chi connectivity index (χ1v) is 4.24. The Hall–Kier alpha value is -0.530. The van der Waals surface area contributed by atoms with E-state index < -0.39 is 0 Å². The van der Waals surface area contributed by atoms with Crippen LogP contribution in [0.4, 0.5) is 0 Å². The summed E-state index contributed by atoms with van der Waals surface area (Å²) in [6.45, 7) is 5.81. The van der Waals surface area contributed by atoms with Crippen molar-refractivity contribution < 1.29 is 4.58 Å². The third kappa shape index (κ3) is 2.38. The highest BCUT2D eigenvalue weighted by atomic mass is 15.1. The molecule has 2 heteroatoms. The minimum Gasteiger partial charge on any atom is -0.277 e. The third-order valence-electron chi connectivity index (χ3n) is 1.87. The first-order chi connectivity index (χ1) is 4.93. The number of rotatable bonds is 4. The summed E-state index contributed by atoms with van der Waals surface area (Å²) in [7, 11) is 0. The smallest absolute Gasteiger partial charge is 0.232 e. The lowest BCUT2D eigenvalue weighted by Crippen LogP contribution is -2.11. The van der Waals surface area contributed by atoms with Gasteiger partial charge in [0.2, 0.25) is 6.34 Å². The predicted molar refractivity (Wildman–Crippen MR) is 43.6 cm³/mol. The molecule has 0 aromatic rings. The molecule has 0 saturated heterocycles. The van der Waals surface area contributed by atoms with E-state index >= 15 is 0 Å². The lowest BCUT2D eigenvalue weighted by molar-refractivity contribution is -0.514. The molecule has 1 N–H and O–H groups in total. The second-order valence-electron chi connectivity index (χ2n) is 2.83. The molecule has 1 rings (SSSR count). The van der Waals surface area contributed by atoms with Gasteiger partial charge < -0.3 is 0 Å². The molecule has 0 aliphatic carbocycles. The zero-order chi connectivity index (χ0) is 7.23. The maximum absolute atomic E-state index is 3.20. The Morgan fingerprint density at radius 3 is 3.00 bits per heavy atom. The Kier molecular flexibility index (Phi) is 3.27. The van der Waals surface area contributed by atoms with Gasteiger partial charge in [-0.15, -0.1) is 0 Å². The molecule has 0 aromatic heterocycles. The normalized spacial score (nSPS) is 16.7. The molecule has 0 atom stereocenters. The van der Waals surface area contributed by atoms with Crippen molar-refractivity contribution in [3.63, 3.8) is 0 Å². The molecule has 0 fully saturated rings. The van der Waals surface area contributed by atoms with Crippen molar-refractivity contribution in [1.82, 2.24) is 5.32 Å². The van der Waals surface area contributed by atoms with Crippen LogP contribution in [0.3, 0.4) is 0 Å². The van der Waals surface area contributed by atoms with Crippen LogP contribution in [0.5, 0.6) is 0 Å². The highest BCUT2D eigenvalue weighted by Crippen LogP contribution is 1.94. The Morgan fingerprint density at radius 2 is 2.40 bits per heavy atom. The lowest BCUT2D eigenvalue weighted by Gasteiger charge is -1.97. The van der Waals surface area contributed by atoms with E-state index in [0.717, 1.165) is 6.54 Å². The molecule has 1 aliphatic heterocycles. The van der Waals surface area contributed by atoms with E-state index in [1.54, 1.807) is 0 Å². The van der Waals surface area contributed by atoms with Crippen molar-refractivity contribution in [3.8, 4) is 0 Å². The van der Waals surface area contributed by atoms with Crippen molar-refractivity contribution in [3.05, 3.63) is 0 Å². The number of nitrogens with zero attached hydrogens (tertiary/aromatic N) is 1. The fourth-order valence-corrected chi connectivity index (χ4v) is 1.21. The summed E-state index contributed by atoms with van der Waals surface area (Å²) in [6.07, 6.45) is 6.13. The maximum atomic E-state index is 3.20. The van der Waals surface area contributed by atoms with Gasteiger partial charge in [-0.2, -0.15) is 0 Å². The third-order valence-corrected chi connectivity index (χ3v) is 1.87. The van der Waals surface area contributed by atoms with Gasteiger partial charge in [-0.3, -0.25) is 9.89 Å². The van der Waals surface area contributed by atoms with Crippen LogP contribution in [-0.2, 0) is 0 Å². The van der Waals surface area contributed by atoms with E-state index in [1.807, 2.05) is 0 Å². The van der Waals surface area contributed by atoms with Crippen LogP contribution in [0.1, 0.15) is 26.2 Å². The van der Waals surface area contributed by atoms with E-state index in [9.17, 15) is 0 Å². The van der Waals surface area contributed by atoms with Crippen LogP contribution >= 0.6 is 0 Å². The van der Waals surface area contributed by atoms with Crippen LogP contribution in [0.15, 0.2) is 0 Å². The maximum Gasteiger partial charge on any atom is 0.232 e. The number of hydrogen-bond acceptors (Lipinski definition) is 1. The summed E-state index contributed by atoms with van der Waals surface area (Å²) in [4.78, 5) is 0. The fraction of sp³-hybridized carbons (Fsp3) is 0.875. The second-order valence-corrected chi connectivity index (χ2v) is 2.83. The quantitative estimate of drug-likeness (QED) is 0.452. The summed E-state index contributed by atoms with van der Waals surface area (Å²) >= 11 is 0. The monoisotopic (exact) mass is 141 g/mol. The SMILES string of the molecule is CCCCC[N+]1=CNCC1. The zero-order valence-corrected chi connectivity index (χ0v) is 6.77. The number of hydrogen-bond donors (Lipinski definition) is 1. The van der Waals surface area contributed by atoms with Gasteiger partial charge in [0.15, 0.2) is 0 Å². The topological polar surface area (TPSA) is 15.0 Å². The number of nitrogens with one attached hydrogen (secondary N) is 1. The van der Waals surface area contributed by atoms with Gasteiger partial charge in [-0.25, -0.2) is 0 Å². The van der Waals surface area contributed by atoms with Gasteiger partial charge in [-0.05, 0) is 12.8 Å². The van der Waals surface area contributed by atoms with Gasteiger partial charge in [-0.1, -0.05) is 13.3 Å². The van der Waals surface area contributed by atoms with E-state index in [4.69, 9.17) is 0 Å². The van der Waals surface area contributed by atoms with Crippen molar-refractivity contribution >= 4 is 6.34 Å². The van der Waals surface area contributed by atoms with E-state index in [-0.39, 0.29) is 0 Å². The fourth-order valence-electron chi connectivity index (χ4n) is 1.21. The molecule has 10 heavy (non-hydrogen) atoms. The van der Waals surface area contributed by atoms with Crippen molar-refractivity contribution in [1.29, 1.82) is 0 Å². The Morgan fingerprint density at radius 1 is 1.50 bits per heavy atom. The van der Waals surface area contributed by atoms with Crippen molar-refractivity contribution in [2.45, 2.75) is 26.2 Å². The standard InChI is InChI=1S/C8H16N2/c1-2-3-4-6-10-7-5-9-8-10/h8H,2-7H2,1H3/p+1. The molecular formula is C8H17N2+. The van der Waals surface area contributed by atoms with Crippen LogP contribution < -0.4 is 5.32 Å². The molecule has 0 amide bonds. The van der Waals surface area contributed by atoms with Gasteiger partial charge >= 0.3 is 0 Å². The molecule has 1 heterocycles.